The Kier molecular flexibility index (Phi) is 4.16. The molecule has 1 aromatic carbocycles. The van der Waals surface area contributed by atoms with E-state index in [0.717, 1.165) is 15.8 Å². The van der Waals surface area contributed by atoms with E-state index < -0.39 is 0 Å². The first kappa shape index (κ1) is 13.3. The van der Waals surface area contributed by atoms with Crippen LogP contribution in [0, 0.1) is 0 Å². The number of thiocarbonyl (C=S) groups is 1. The fourth-order valence-electron chi connectivity index (χ4n) is 1.43. The molecule has 0 atom stereocenters. The van der Waals surface area contributed by atoms with Crippen LogP contribution in [0.25, 0.3) is 0 Å². The minimum absolute atomic E-state index is 0.251. The number of nitrogens with zero attached hydrogens (tertiary/aromatic N) is 1. The van der Waals surface area contributed by atoms with Crippen LogP contribution in [0.3, 0.4) is 0 Å². The number of rotatable bonds is 3. The average molecular weight is 343 g/mol. The highest BCUT2D eigenvalue weighted by Crippen LogP contribution is 2.27. The molecule has 0 aliphatic rings. The van der Waals surface area contributed by atoms with Gasteiger partial charge in [0.15, 0.2) is 0 Å². The van der Waals surface area contributed by atoms with Gasteiger partial charge in [-0.15, -0.1) is 0 Å². The lowest BCUT2D eigenvalue weighted by atomic mass is 10.2. The molecule has 18 heavy (non-hydrogen) atoms. The summed E-state index contributed by atoms with van der Waals surface area (Å²) >= 11 is 14.3. The zero-order valence-electron chi connectivity index (χ0n) is 9.15. The maximum atomic E-state index is 6.03. The first-order valence-corrected chi connectivity index (χ1v) is 6.63. The third-order valence-electron chi connectivity index (χ3n) is 2.24. The smallest absolute Gasteiger partial charge is 0.124 e. The van der Waals surface area contributed by atoms with Crippen molar-refractivity contribution in [3.63, 3.8) is 0 Å². The van der Waals surface area contributed by atoms with Crippen LogP contribution in [-0.4, -0.2) is 9.97 Å². The molecule has 0 aliphatic carbocycles. The molecule has 92 valence electrons. The highest BCUT2D eigenvalue weighted by Gasteiger charge is 2.07. The van der Waals surface area contributed by atoms with Gasteiger partial charge in [-0.1, -0.05) is 23.8 Å². The number of nitrogens with two attached hydrogens (primary N) is 1. The van der Waals surface area contributed by atoms with Crippen molar-refractivity contribution < 1.29 is 0 Å². The molecule has 3 N–H and O–H groups in total. The molecule has 0 saturated heterocycles. The van der Waals surface area contributed by atoms with Crippen LogP contribution in [-0.2, 0) is 0 Å². The van der Waals surface area contributed by atoms with Crippen LogP contribution in [0.1, 0.15) is 5.69 Å². The van der Waals surface area contributed by atoms with Crippen molar-refractivity contribution in [1.82, 2.24) is 4.98 Å². The second kappa shape index (κ2) is 5.65. The molecule has 0 bridgehead atoms. The predicted molar refractivity (Wildman–Crippen MR) is 82.6 cm³/mol. The van der Waals surface area contributed by atoms with Gasteiger partial charge in [-0.05, 0) is 46.3 Å². The van der Waals surface area contributed by atoms with Crippen LogP contribution in [0.15, 0.2) is 41.0 Å². The first-order valence-electron chi connectivity index (χ1n) is 5.05. The van der Waals surface area contributed by atoms with Crippen molar-refractivity contribution in [1.29, 1.82) is 0 Å². The van der Waals surface area contributed by atoms with E-state index in [1.54, 1.807) is 6.20 Å². The van der Waals surface area contributed by atoms with Gasteiger partial charge in [0.1, 0.15) is 10.7 Å². The first-order chi connectivity index (χ1) is 8.58. The van der Waals surface area contributed by atoms with Crippen molar-refractivity contribution >= 4 is 56.1 Å². The zero-order valence-corrected chi connectivity index (χ0v) is 12.3. The van der Waals surface area contributed by atoms with Crippen molar-refractivity contribution in [3.8, 4) is 0 Å². The van der Waals surface area contributed by atoms with Crippen LogP contribution < -0.4 is 11.1 Å². The lowest BCUT2D eigenvalue weighted by Gasteiger charge is -2.10. The summed E-state index contributed by atoms with van der Waals surface area (Å²) in [5.41, 5.74) is 7.77. The monoisotopic (exact) mass is 341 g/mol. The predicted octanol–water partition coefficient (Wildman–Crippen LogP) is 3.88. The third-order valence-corrected chi connectivity index (χ3v) is 3.67. The summed E-state index contributed by atoms with van der Waals surface area (Å²) in [5, 5.41) is 3.81. The van der Waals surface area contributed by atoms with Gasteiger partial charge in [-0.3, -0.25) is 4.98 Å². The Bertz CT molecular complexity index is 604. The highest BCUT2D eigenvalue weighted by atomic mass is 79.9. The molecular formula is C12H9BrClN3S. The Balaban J connectivity index is 2.34. The van der Waals surface area contributed by atoms with Crippen molar-refractivity contribution in [2.24, 2.45) is 5.73 Å². The van der Waals surface area contributed by atoms with E-state index in [9.17, 15) is 0 Å². The van der Waals surface area contributed by atoms with E-state index in [1.807, 2.05) is 30.3 Å². The van der Waals surface area contributed by atoms with E-state index >= 15 is 0 Å². The van der Waals surface area contributed by atoms with E-state index in [1.165, 1.54) is 0 Å². The van der Waals surface area contributed by atoms with E-state index in [4.69, 9.17) is 29.6 Å². The summed E-state index contributed by atoms with van der Waals surface area (Å²) < 4.78 is 0.843. The summed E-state index contributed by atoms with van der Waals surface area (Å²) in [7, 11) is 0. The number of aromatic nitrogens is 1. The Hall–Kier alpha value is -1.17. The number of anilines is 2. The summed E-state index contributed by atoms with van der Waals surface area (Å²) in [6.45, 7) is 0. The number of pyridine rings is 1. The van der Waals surface area contributed by atoms with Gasteiger partial charge < -0.3 is 11.1 Å². The number of nitrogens with one attached hydrogen (secondary N) is 1. The molecule has 0 amide bonds. The molecule has 0 unspecified atom stereocenters. The third kappa shape index (κ3) is 2.98. The quantitative estimate of drug-likeness (QED) is 0.831. The highest BCUT2D eigenvalue weighted by molar-refractivity contribution is 9.10. The van der Waals surface area contributed by atoms with Gasteiger partial charge >= 0.3 is 0 Å². The van der Waals surface area contributed by atoms with Crippen molar-refractivity contribution in [2.75, 3.05) is 5.32 Å². The van der Waals surface area contributed by atoms with Gasteiger partial charge in [0.05, 0.1) is 10.7 Å². The summed E-state index contributed by atoms with van der Waals surface area (Å²) in [5.74, 6) is 0. The Morgan fingerprint density at radius 3 is 2.83 bits per heavy atom. The summed E-state index contributed by atoms with van der Waals surface area (Å²) in [6.07, 6.45) is 1.65. The Morgan fingerprint density at radius 2 is 2.17 bits per heavy atom. The van der Waals surface area contributed by atoms with E-state index in [0.29, 0.717) is 10.7 Å². The van der Waals surface area contributed by atoms with Gasteiger partial charge in [-0.2, -0.15) is 0 Å². The fourth-order valence-corrected chi connectivity index (χ4v) is 2.02. The minimum atomic E-state index is 0.251. The number of hydrogen-bond donors (Lipinski definition) is 2. The molecular weight excluding hydrogens is 334 g/mol. The molecule has 1 aromatic heterocycles. The minimum Gasteiger partial charge on any atom is -0.388 e. The lowest BCUT2D eigenvalue weighted by molar-refractivity contribution is 1.29. The fraction of sp³-hybridized carbons (Fsp3) is 0. The normalized spacial score (nSPS) is 10.1. The van der Waals surface area contributed by atoms with Crippen LogP contribution in [0.4, 0.5) is 11.4 Å². The molecule has 0 fully saturated rings. The Labute approximate surface area is 123 Å². The second-order valence-corrected chi connectivity index (χ2v) is 5.22. The molecule has 2 rings (SSSR count). The van der Waals surface area contributed by atoms with E-state index in [-0.39, 0.29) is 4.99 Å². The van der Waals surface area contributed by atoms with Gasteiger partial charge in [0.2, 0.25) is 0 Å². The standard InChI is InChI=1S/C12H9BrClN3S/c13-8-4-3-7(6-9(8)14)17-10-2-1-5-16-11(10)12(15)18/h1-6,17H,(H2,15,18). The largest absolute Gasteiger partial charge is 0.388 e. The molecule has 0 spiro atoms. The molecule has 0 aliphatic heterocycles. The molecule has 6 heteroatoms. The van der Waals surface area contributed by atoms with Gasteiger partial charge in [0.25, 0.3) is 0 Å². The Morgan fingerprint density at radius 1 is 1.39 bits per heavy atom. The van der Waals surface area contributed by atoms with E-state index in [2.05, 4.69) is 26.2 Å². The van der Waals surface area contributed by atoms with Crippen molar-refractivity contribution in [2.45, 2.75) is 0 Å². The average Bonchev–Trinajstić information content (AvgIpc) is 2.34. The van der Waals surface area contributed by atoms with Crippen LogP contribution in [0.5, 0.6) is 0 Å². The zero-order chi connectivity index (χ0) is 13.1. The van der Waals surface area contributed by atoms with Crippen LogP contribution in [0.2, 0.25) is 5.02 Å². The molecule has 0 radical (unpaired) electrons. The number of halogens is 2. The molecule has 0 saturated carbocycles. The maximum Gasteiger partial charge on any atom is 0.124 e. The number of hydrogen-bond acceptors (Lipinski definition) is 3. The molecule has 3 nitrogen and oxygen atoms in total. The summed E-state index contributed by atoms with van der Waals surface area (Å²) in [6, 6.07) is 9.23. The SMILES string of the molecule is NC(=S)c1ncccc1Nc1ccc(Br)c(Cl)c1. The van der Waals surface area contributed by atoms with Crippen molar-refractivity contribution in [3.05, 3.63) is 51.7 Å². The molecule has 1 heterocycles. The number of benzene rings is 1. The van der Waals surface area contributed by atoms with Gasteiger partial charge in [0, 0.05) is 16.4 Å². The maximum absolute atomic E-state index is 6.03. The molecule has 2 aromatic rings. The van der Waals surface area contributed by atoms with Gasteiger partial charge in [-0.25, -0.2) is 0 Å². The lowest BCUT2D eigenvalue weighted by Crippen LogP contribution is -2.13. The topological polar surface area (TPSA) is 50.9 Å². The second-order valence-electron chi connectivity index (χ2n) is 3.52. The van der Waals surface area contributed by atoms with Crippen LogP contribution >= 0.6 is 39.7 Å². The summed E-state index contributed by atoms with van der Waals surface area (Å²) in [4.78, 5) is 4.39.